The minimum Gasteiger partial charge on any atom is -0.369 e. The van der Waals surface area contributed by atoms with Crippen LogP contribution in [0.4, 0.5) is 5.82 Å². The van der Waals surface area contributed by atoms with Crippen molar-refractivity contribution in [2.75, 3.05) is 11.9 Å². The maximum atomic E-state index is 4.00. The first-order valence-corrected chi connectivity index (χ1v) is 7.95. The zero-order valence-corrected chi connectivity index (χ0v) is 12.4. The quantitative estimate of drug-likeness (QED) is 0.550. The van der Waals surface area contributed by atoms with Crippen molar-refractivity contribution < 1.29 is 0 Å². The highest BCUT2D eigenvalue weighted by molar-refractivity contribution is 5.30. The molecule has 0 saturated heterocycles. The van der Waals surface area contributed by atoms with Gasteiger partial charge in [-0.3, -0.25) is 0 Å². The maximum Gasteiger partial charge on any atom is 0.148 e. The van der Waals surface area contributed by atoms with Gasteiger partial charge in [-0.05, 0) is 18.6 Å². The third kappa shape index (κ3) is 9.46. The van der Waals surface area contributed by atoms with Gasteiger partial charge in [0.05, 0.1) is 0 Å². The molecule has 1 N–H and O–H groups in total. The molecule has 3 nitrogen and oxygen atoms in total. The minimum atomic E-state index is 0.887. The van der Waals surface area contributed by atoms with Crippen LogP contribution in [0.15, 0.2) is 18.3 Å². The van der Waals surface area contributed by atoms with E-state index in [-0.39, 0.29) is 0 Å². The van der Waals surface area contributed by atoms with Crippen molar-refractivity contribution in [1.29, 1.82) is 0 Å². The molecule has 0 bridgehead atoms. The van der Waals surface area contributed by atoms with E-state index in [4.69, 9.17) is 0 Å². The molecule has 1 rings (SSSR count). The fourth-order valence-electron chi connectivity index (χ4n) is 2.22. The Kier molecular flexibility index (Phi) is 10.0. The van der Waals surface area contributed by atoms with Gasteiger partial charge in [-0.15, -0.1) is 5.10 Å². The molecule has 0 aliphatic carbocycles. The van der Waals surface area contributed by atoms with E-state index in [0.29, 0.717) is 0 Å². The topological polar surface area (TPSA) is 37.8 Å². The van der Waals surface area contributed by atoms with E-state index in [1.807, 2.05) is 12.1 Å². The summed E-state index contributed by atoms with van der Waals surface area (Å²) in [6.45, 7) is 3.28. The van der Waals surface area contributed by atoms with Gasteiger partial charge < -0.3 is 5.32 Å². The fourth-order valence-corrected chi connectivity index (χ4v) is 2.22. The SMILES string of the molecule is CCCCCCCCCCCCNc1cccnn1. The van der Waals surface area contributed by atoms with E-state index in [2.05, 4.69) is 22.4 Å². The highest BCUT2D eigenvalue weighted by Gasteiger charge is 1.94. The van der Waals surface area contributed by atoms with Crippen molar-refractivity contribution in [3.8, 4) is 0 Å². The molecule has 0 fully saturated rings. The van der Waals surface area contributed by atoms with Crippen LogP contribution in [-0.4, -0.2) is 16.7 Å². The number of hydrogen-bond donors (Lipinski definition) is 1. The summed E-state index contributed by atoms with van der Waals surface area (Å²) in [6, 6.07) is 3.87. The molecule has 0 aliphatic rings. The average molecular weight is 263 g/mol. The molecule has 3 heteroatoms. The monoisotopic (exact) mass is 263 g/mol. The van der Waals surface area contributed by atoms with Crippen molar-refractivity contribution >= 4 is 5.82 Å². The smallest absolute Gasteiger partial charge is 0.148 e. The molecular formula is C16H29N3. The summed E-state index contributed by atoms with van der Waals surface area (Å²) >= 11 is 0. The number of nitrogens with zero attached hydrogens (tertiary/aromatic N) is 2. The zero-order valence-electron chi connectivity index (χ0n) is 12.4. The van der Waals surface area contributed by atoms with E-state index >= 15 is 0 Å². The lowest BCUT2D eigenvalue weighted by Crippen LogP contribution is -2.03. The van der Waals surface area contributed by atoms with E-state index in [9.17, 15) is 0 Å². The minimum absolute atomic E-state index is 0.887. The lowest BCUT2D eigenvalue weighted by Gasteiger charge is -2.04. The second-order valence-corrected chi connectivity index (χ2v) is 5.22. The lowest BCUT2D eigenvalue weighted by molar-refractivity contribution is 0.559. The third-order valence-electron chi connectivity index (χ3n) is 3.41. The summed E-state index contributed by atoms with van der Waals surface area (Å²) in [5.41, 5.74) is 0. The number of hydrogen-bond acceptors (Lipinski definition) is 3. The second kappa shape index (κ2) is 11.9. The molecule has 1 heterocycles. The van der Waals surface area contributed by atoms with E-state index < -0.39 is 0 Å². The molecule has 0 aromatic carbocycles. The zero-order chi connectivity index (χ0) is 13.6. The van der Waals surface area contributed by atoms with Gasteiger partial charge in [0.25, 0.3) is 0 Å². The molecule has 0 radical (unpaired) electrons. The van der Waals surface area contributed by atoms with Crippen molar-refractivity contribution in [3.05, 3.63) is 18.3 Å². The molecule has 1 aromatic rings. The Morgan fingerprint density at radius 2 is 1.53 bits per heavy atom. The highest BCUT2D eigenvalue weighted by Crippen LogP contribution is 2.10. The molecule has 0 atom stereocenters. The fraction of sp³-hybridized carbons (Fsp3) is 0.750. The van der Waals surface area contributed by atoms with Crippen LogP contribution < -0.4 is 5.32 Å². The third-order valence-corrected chi connectivity index (χ3v) is 3.41. The van der Waals surface area contributed by atoms with Crippen LogP contribution in [0, 0.1) is 0 Å². The predicted octanol–water partition coefficient (Wildman–Crippen LogP) is 4.81. The molecular weight excluding hydrogens is 234 g/mol. The number of nitrogens with one attached hydrogen (secondary N) is 1. The van der Waals surface area contributed by atoms with E-state index in [1.165, 1.54) is 64.2 Å². The van der Waals surface area contributed by atoms with Crippen molar-refractivity contribution in [3.63, 3.8) is 0 Å². The Labute approximate surface area is 118 Å². The number of anilines is 1. The van der Waals surface area contributed by atoms with Gasteiger partial charge in [-0.1, -0.05) is 64.7 Å². The summed E-state index contributed by atoms with van der Waals surface area (Å²) in [6.07, 6.45) is 15.5. The van der Waals surface area contributed by atoms with Crippen LogP contribution in [0.25, 0.3) is 0 Å². The predicted molar refractivity (Wildman–Crippen MR) is 82.4 cm³/mol. The molecule has 0 aliphatic heterocycles. The van der Waals surface area contributed by atoms with Gasteiger partial charge in [-0.2, -0.15) is 5.10 Å². The summed E-state index contributed by atoms with van der Waals surface area (Å²) in [7, 11) is 0. The molecule has 0 unspecified atom stereocenters. The first-order chi connectivity index (χ1) is 9.43. The van der Waals surface area contributed by atoms with Gasteiger partial charge in [0.2, 0.25) is 0 Å². The van der Waals surface area contributed by atoms with Crippen molar-refractivity contribution in [2.24, 2.45) is 0 Å². The van der Waals surface area contributed by atoms with Crippen LogP contribution in [0.3, 0.4) is 0 Å². The largest absolute Gasteiger partial charge is 0.369 e. The first-order valence-electron chi connectivity index (χ1n) is 7.95. The van der Waals surface area contributed by atoms with E-state index in [1.54, 1.807) is 6.20 Å². The van der Waals surface area contributed by atoms with Gasteiger partial charge in [-0.25, -0.2) is 0 Å². The summed E-state index contributed by atoms with van der Waals surface area (Å²) in [5, 5.41) is 11.1. The molecule has 19 heavy (non-hydrogen) atoms. The standard InChI is InChI=1S/C16H29N3/c1-2-3-4-5-6-7-8-9-10-11-14-17-16-13-12-15-18-19-16/h12-13,15H,2-11,14H2,1H3,(H,17,19). The summed E-state index contributed by atoms with van der Waals surface area (Å²) in [5.74, 6) is 0.887. The molecule has 108 valence electrons. The molecule has 0 saturated carbocycles. The first kappa shape index (κ1) is 15.9. The number of rotatable bonds is 12. The van der Waals surface area contributed by atoms with Crippen LogP contribution in [0.5, 0.6) is 0 Å². The Balaban J connectivity index is 1.79. The number of unbranched alkanes of at least 4 members (excludes halogenated alkanes) is 9. The Bertz CT molecular complexity index is 287. The molecule has 0 amide bonds. The van der Waals surface area contributed by atoms with Gasteiger partial charge >= 0.3 is 0 Å². The second-order valence-electron chi connectivity index (χ2n) is 5.22. The maximum absolute atomic E-state index is 4.00. The average Bonchev–Trinajstić information content (AvgIpc) is 2.46. The summed E-state index contributed by atoms with van der Waals surface area (Å²) < 4.78 is 0. The molecule has 1 aromatic heterocycles. The number of aromatic nitrogens is 2. The van der Waals surface area contributed by atoms with E-state index in [0.717, 1.165) is 12.4 Å². The van der Waals surface area contributed by atoms with Crippen LogP contribution in [-0.2, 0) is 0 Å². The summed E-state index contributed by atoms with van der Waals surface area (Å²) in [4.78, 5) is 0. The van der Waals surface area contributed by atoms with Crippen LogP contribution in [0.2, 0.25) is 0 Å². The van der Waals surface area contributed by atoms with Gasteiger partial charge in [0.15, 0.2) is 0 Å². The Hall–Kier alpha value is -1.12. The van der Waals surface area contributed by atoms with Crippen LogP contribution >= 0.6 is 0 Å². The molecule has 0 spiro atoms. The Morgan fingerprint density at radius 1 is 0.895 bits per heavy atom. The van der Waals surface area contributed by atoms with Crippen LogP contribution in [0.1, 0.15) is 71.1 Å². The Morgan fingerprint density at radius 3 is 2.11 bits per heavy atom. The van der Waals surface area contributed by atoms with Crippen molar-refractivity contribution in [1.82, 2.24) is 10.2 Å². The highest BCUT2D eigenvalue weighted by atomic mass is 15.2. The normalized spacial score (nSPS) is 10.6. The lowest BCUT2D eigenvalue weighted by atomic mass is 10.1. The van der Waals surface area contributed by atoms with Gasteiger partial charge in [0.1, 0.15) is 5.82 Å². The van der Waals surface area contributed by atoms with Crippen molar-refractivity contribution in [2.45, 2.75) is 71.1 Å². The van der Waals surface area contributed by atoms with Gasteiger partial charge in [0, 0.05) is 12.7 Å².